The number of rotatable bonds is 8. The summed E-state index contributed by atoms with van der Waals surface area (Å²) in [5, 5.41) is 7.18. The van der Waals surface area contributed by atoms with Crippen molar-refractivity contribution in [3.8, 4) is 11.6 Å². The Bertz CT molecular complexity index is 1420. The van der Waals surface area contributed by atoms with Crippen LogP contribution in [0.5, 0.6) is 5.75 Å². The molecule has 3 aromatic rings. The van der Waals surface area contributed by atoms with Gasteiger partial charge in [0.05, 0.1) is 24.8 Å². The molecule has 3 heterocycles. The summed E-state index contributed by atoms with van der Waals surface area (Å²) >= 11 is 0. The number of hydrogen-bond donors (Lipinski definition) is 1. The molecular formula is C27H30F3N7O4. The molecule has 218 valence electrons. The number of amides is 2. The Hall–Kier alpha value is -4.20. The molecular weight excluding hydrogens is 543 g/mol. The number of aromatic nitrogens is 4. The quantitative estimate of drug-likeness (QED) is 0.437. The zero-order valence-electron chi connectivity index (χ0n) is 22.8. The van der Waals surface area contributed by atoms with Crippen LogP contribution in [-0.4, -0.2) is 82.7 Å². The standard InChI is InChI=1S/C27H30F3N7O4/c1-16-15-36(8-9-40-16)25(39)18-6-7-22(31-13-18)37-23(33-26(34-37)35(2)3)14-32-24(38)20-10-19(17-4-5-17)11-21(12-20)41-27(28,29)30/h6-7,10-13,16-17H,4-5,8-9,14-15H2,1-3H3,(H,32,38). The van der Waals surface area contributed by atoms with E-state index in [9.17, 15) is 22.8 Å². The maximum atomic E-state index is 13.0. The van der Waals surface area contributed by atoms with Gasteiger partial charge in [-0.05, 0) is 61.6 Å². The lowest BCUT2D eigenvalue weighted by Crippen LogP contribution is -2.44. The molecule has 2 aromatic heterocycles. The van der Waals surface area contributed by atoms with Gasteiger partial charge in [0.2, 0.25) is 5.95 Å². The molecule has 2 aliphatic rings. The van der Waals surface area contributed by atoms with E-state index in [1.54, 1.807) is 42.1 Å². The van der Waals surface area contributed by atoms with E-state index in [2.05, 4.69) is 25.1 Å². The van der Waals surface area contributed by atoms with Gasteiger partial charge in [-0.15, -0.1) is 18.3 Å². The Morgan fingerprint density at radius 1 is 1.17 bits per heavy atom. The lowest BCUT2D eigenvalue weighted by Gasteiger charge is -2.31. The molecule has 1 saturated heterocycles. The molecule has 0 bridgehead atoms. The fourth-order valence-electron chi connectivity index (χ4n) is 4.50. The summed E-state index contributed by atoms with van der Waals surface area (Å²) in [6.07, 6.45) is -1.77. The molecule has 2 amide bonds. The average molecular weight is 574 g/mol. The van der Waals surface area contributed by atoms with Gasteiger partial charge in [-0.1, -0.05) is 0 Å². The van der Waals surface area contributed by atoms with Crippen LogP contribution in [-0.2, 0) is 11.3 Å². The average Bonchev–Trinajstić information content (AvgIpc) is 3.69. The minimum Gasteiger partial charge on any atom is -0.406 e. The number of nitrogens with one attached hydrogen (secondary N) is 1. The molecule has 1 aliphatic carbocycles. The van der Waals surface area contributed by atoms with Crippen LogP contribution in [0.3, 0.4) is 0 Å². The Kier molecular flexibility index (Phi) is 7.84. The van der Waals surface area contributed by atoms with E-state index in [-0.39, 0.29) is 30.0 Å². The third-order valence-electron chi connectivity index (χ3n) is 6.68. The molecule has 5 rings (SSSR count). The zero-order chi connectivity index (χ0) is 29.3. The number of hydrogen-bond acceptors (Lipinski definition) is 8. The minimum absolute atomic E-state index is 0.0442. The van der Waals surface area contributed by atoms with Crippen molar-refractivity contribution in [2.75, 3.05) is 38.7 Å². The summed E-state index contributed by atoms with van der Waals surface area (Å²) in [6.45, 7) is 3.29. The van der Waals surface area contributed by atoms with Crippen LogP contribution < -0.4 is 15.0 Å². The molecule has 1 saturated carbocycles. The molecule has 0 spiro atoms. The second kappa shape index (κ2) is 11.4. The van der Waals surface area contributed by atoms with E-state index >= 15 is 0 Å². The molecule has 1 unspecified atom stereocenters. The highest BCUT2D eigenvalue weighted by Crippen LogP contribution is 2.42. The number of carbonyl (C=O) groups is 2. The number of carbonyl (C=O) groups excluding carboxylic acids is 2. The molecule has 0 radical (unpaired) electrons. The maximum absolute atomic E-state index is 13.0. The van der Waals surface area contributed by atoms with Gasteiger partial charge in [-0.2, -0.15) is 9.67 Å². The normalized spacial score (nSPS) is 17.3. The minimum atomic E-state index is -4.87. The fraction of sp³-hybridized carbons (Fsp3) is 0.444. The predicted molar refractivity (Wildman–Crippen MR) is 141 cm³/mol. The van der Waals surface area contributed by atoms with Crippen molar-refractivity contribution in [2.45, 2.75) is 44.7 Å². The molecule has 1 aliphatic heterocycles. The van der Waals surface area contributed by atoms with Crippen molar-refractivity contribution in [2.24, 2.45) is 0 Å². The number of anilines is 1. The van der Waals surface area contributed by atoms with E-state index in [1.165, 1.54) is 16.9 Å². The van der Waals surface area contributed by atoms with Gasteiger partial charge < -0.3 is 24.6 Å². The first-order valence-corrected chi connectivity index (χ1v) is 13.2. The number of ether oxygens (including phenoxy) is 2. The number of benzene rings is 1. The summed E-state index contributed by atoms with van der Waals surface area (Å²) in [7, 11) is 3.51. The summed E-state index contributed by atoms with van der Waals surface area (Å²) in [4.78, 5) is 38.2. The monoisotopic (exact) mass is 573 g/mol. The van der Waals surface area contributed by atoms with E-state index < -0.39 is 18.0 Å². The van der Waals surface area contributed by atoms with Crippen LogP contribution in [0.25, 0.3) is 5.82 Å². The fourth-order valence-corrected chi connectivity index (χ4v) is 4.50. The second-order valence-electron chi connectivity index (χ2n) is 10.3. The first-order valence-electron chi connectivity index (χ1n) is 13.2. The summed E-state index contributed by atoms with van der Waals surface area (Å²) in [6, 6.07) is 7.25. The third kappa shape index (κ3) is 6.93. The number of nitrogens with zero attached hydrogens (tertiary/aromatic N) is 6. The van der Waals surface area contributed by atoms with E-state index in [1.807, 2.05) is 6.92 Å². The molecule has 14 heteroatoms. The van der Waals surface area contributed by atoms with Crippen molar-refractivity contribution in [1.82, 2.24) is 30.0 Å². The number of pyridine rings is 1. The van der Waals surface area contributed by atoms with Crippen molar-refractivity contribution in [3.63, 3.8) is 0 Å². The Morgan fingerprint density at radius 3 is 2.59 bits per heavy atom. The molecule has 1 atom stereocenters. The van der Waals surface area contributed by atoms with Crippen LogP contribution in [0.2, 0.25) is 0 Å². The lowest BCUT2D eigenvalue weighted by molar-refractivity contribution is -0.274. The van der Waals surface area contributed by atoms with Gasteiger partial charge in [0.1, 0.15) is 5.75 Å². The highest BCUT2D eigenvalue weighted by atomic mass is 19.4. The largest absolute Gasteiger partial charge is 0.573 e. The molecule has 11 nitrogen and oxygen atoms in total. The molecule has 1 N–H and O–H groups in total. The van der Waals surface area contributed by atoms with E-state index in [0.717, 1.165) is 18.9 Å². The summed E-state index contributed by atoms with van der Waals surface area (Å²) < 4.78 is 49.6. The Balaban J connectivity index is 1.34. The van der Waals surface area contributed by atoms with Crippen LogP contribution >= 0.6 is 0 Å². The molecule has 41 heavy (non-hydrogen) atoms. The highest BCUT2D eigenvalue weighted by molar-refractivity contribution is 5.95. The van der Waals surface area contributed by atoms with Crippen LogP contribution in [0, 0.1) is 0 Å². The molecule has 1 aromatic carbocycles. The van der Waals surface area contributed by atoms with Crippen LogP contribution in [0.1, 0.15) is 57.8 Å². The first kappa shape index (κ1) is 28.3. The van der Waals surface area contributed by atoms with Gasteiger partial charge in [0.25, 0.3) is 11.8 Å². The highest BCUT2D eigenvalue weighted by Gasteiger charge is 2.33. The van der Waals surface area contributed by atoms with Crippen molar-refractivity contribution >= 4 is 17.8 Å². The lowest BCUT2D eigenvalue weighted by atomic mass is 10.1. The Morgan fingerprint density at radius 2 is 1.95 bits per heavy atom. The Labute approximate surface area is 234 Å². The zero-order valence-corrected chi connectivity index (χ0v) is 22.8. The van der Waals surface area contributed by atoms with Gasteiger partial charge in [-0.3, -0.25) is 9.59 Å². The number of alkyl halides is 3. The number of halogens is 3. The van der Waals surface area contributed by atoms with Gasteiger partial charge >= 0.3 is 6.36 Å². The topological polar surface area (TPSA) is 115 Å². The van der Waals surface area contributed by atoms with Crippen LogP contribution in [0.4, 0.5) is 19.1 Å². The first-order chi connectivity index (χ1) is 19.5. The third-order valence-corrected chi connectivity index (χ3v) is 6.68. The van der Waals surface area contributed by atoms with Gasteiger partial charge in [-0.25, -0.2) is 4.98 Å². The maximum Gasteiger partial charge on any atom is 0.573 e. The molecule has 2 fully saturated rings. The van der Waals surface area contributed by atoms with Crippen molar-refractivity contribution < 1.29 is 32.2 Å². The summed E-state index contributed by atoms with van der Waals surface area (Å²) in [5.41, 5.74) is 1.09. The SMILES string of the molecule is CC1CN(C(=O)c2ccc(-n3nc(N(C)C)nc3CNC(=O)c3cc(OC(F)(F)F)cc(C4CC4)c3)nc2)CCO1. The summed E-state index contributed by atoms with van der Waals surface area (Å²) in [5.74, 6) is -0.00278. The van der Waals surface area contributed by atoms with Gasteiger partial charge in [0.15, 0.2) is 11.6 Å². The van der Waals surface area contributed by atoms with Gasteiger partial charge in [0, 0.05) is 38.9 Å². The van der Waals surface area contributed by atoms with Crippen LogP contribution in [0.15, 0.2) is 36.5 Å². The smallest absolute Gasteiger partial charge is 0.406 e. The number of morpholine rings is 1. The van der Waals surface area contributed by atoms with E-state index in [0.29, 0.717) is 48.4 Å². The van der Waals surface area contributed by atoms with Crippen molar-refractivity contribution in [1.29, 1.82) is 0 Å². The predicted octanol–water partition coefficient (Wildman–Crippen LogP) is 3.30. The second-order valence-corrected chi connectivity index (χ2v) is 10.3. The van der Waals surface area contributed by atoms with E-state index in [4.69, 9.17) is 4.74 Å². The van der Waals surface area contributed by atoms with Crippen molar-refractivity contribution in [3.05, 3.63) is 59.0 Å².